The second-order valence-electron chi connectivity index (χ2n) is 5.81. The van der Waals surface area contributed by atoms with Crippen LogP contribution in [0, 0.1) is 0 Å². The van der Waals surface area contributed by atoms with E-state index in [2.05, 4.69) is 17.1 Å². The van der Waals surface area contributed by atoms with E-state index in [0.29, 0.717) is 13.2 Å². The first kappa shape index (κ1) is 15.9. The highest BCUT2D eigenvalue weighted by Gasteiger charge is 2.40. The summed E-state index contributed by atoms with van der Waals surface area (Å²) in [7, 11) is 1.78. The summed E-state index contributed by atoms with van der Waals surface area (Å²) in [6, 6.07) is 9.93. The molecule has 3 unspecified atom stereocenters. The summed E-state index contributed by atoms with van der Waals surface area (Å²) in [5, 5.41) is 3.16. The van der Waals surface area contributed by atoms with Crippen molar-refractivity contribution in [2.75, 3.05) is 26.7 Å². The number of likely N-dealkylation sites (N-methyl/N-ethyl adjacent to an activating group) is 1. The fraction of sp³-hybridized carbons (Fsp3) is 0.562. The number of carbonyl (C=O) groups excluding carboxylic acids is 1. The number of rotatable bonds is 5. The molecule has 1 amide bonds. The van der Waals surface area contributed by atoms with Crippen molar-refractivity contribution in [1.29, 1.82) is 0 Å². The first-order chi connectivity index (χ1) is 9.99. The lowest BCUT2D eigenvalue weighted by molar-refractivity contribution is -0.127. The van der Waals surface area contributed by atoms with Crippen LogP contribution in [0.1, 0.15) is 19.4 Å². The van der Waals surface area contributed by atoms with Gasteiger partial charge < -0.3 is 15.8 Å². The molecule has 1 aromatic rings. The summed E-state index contributed by atoms with van der Waals surface area (Å²) in [6.45, 7) is 6.17. The van der Waals surface area contributed by atoms with Crippen molar-refractivity contribution in [2.45, 2.75) is 31.5 Å². The molecule has 3 N–H and O–H groups in total. The van der Waals surface area contributed by atoms with Crippen molar-refractivity contribution < 1.29 is 9.53 Å². The van der Waals surface area contributed by atoms with Gasteiger partial charge in [-0.2, -0.15) is 0 Å². The number of carbonyl (C=O) groups is 1. The predicted octanol–water partition coefficient (Wildman–Crippen LogP) is 0.696. The van der Waals surface area contributed by atoms with Crippen molar-refractivity contribution in [3.05, 3.63) is 35.9 Å². The normalized spacial score (nSPS) is 26.2. The molecular formula is C16H25N3O2. The summed E-state index contributed by atoms with van der Waals surface area (Å²) in [5.41, 5.74) is 5.76. The Morgan fingerprint density at radius 3 is 2.67 bits per heavy atom. The number of nitrogens with two attached hydrogens (primary N) is 1. The molecule has 21 heavy (non-hydrogen) atoms. The van der Waals surface area contributed by atoms with Gasteiger partial charge in [-0.05, 0) is 26.5 Å². The van der Waals surface area contributed by atoms with Gasteiger partial charge in [0, 0.05) is 19.1 Å². The van der Waals surface area contributed by atoms with Gasteiger partial charge in [-0.15, -0.1) is 0 Å². The molecule has 0 radical (unpaired) electrons. The molecule has 116 valence electrons. The van der Waals surface area contributed by atoms with E-state index in [1.54, 1.807) is 7.05 Å². The van der Waals surface area contributed by atoms with E-state index in [-0.39, 0.29) is 18.1 Å². The second kappa shape index (κ2) is 6.56. The summed E-state index contributed by atoms with van der Waals surface area (Å²) in [5.74, 6) is -0.359. The first-order valence-electron chi connectivity index (χ1n) is 7.39. The van der Waals surface area contributed by atoms with Crippen LogP contribution in [-0.2, 0) is 15.1 Å². The third-order valence-electron chi connectivity index (χ3n) is 4.29. The fourth-order valence-electron chi connectivity index (χ4n) is 2.88. The molecule has 1 heterocycles. The van der Waals surface area contributed by atoms with Gasteiger partial charge in [0.25, 0.3) is 0 Å². The molecule has 0 aromatic heterocycles. The van der Waals surface area contributed by atoms with Crippen LogP contribution >= 0.6 is 0 Å². The summed E-state index contributed by atoms with van der Waals surface area (Å²) in [6.07, 6.45) is 0.166. The van der Waals surface area contributed by atoms with E-state index < -0.39 is 5.54 Å². The Morgan fingerprint density at radius 2 is 2.10 bits per heavy atom. The van der Waals surface area contributed by atoms with Gasteiger partial charge in [0.1, 0.15) is 5.54 Å². The average molecular weight is 291 g/mol. The van der Waals surface area contributed by atoms with Crippen molar-refractivity contribution in [2.24, 2.45) is 5.73 Å². The monoisotopic (exact) mass is 291 g/mol. The molecule has 0 bridgehead atoms. The van der Waals surface area contributed by atoms with Crippen molar-refractivity contribution in [3.8, 4) is 0 Å². The van der Waals surface area contributed by atoms with Crippen LogP contribution in [0.2, 0.25) is 0 Å². The van der Waals surface area contributed by atoms with E-state index in [9.17, 15) is 4.79 Å². The van der Waals surface area contributed by atoms with Crippen LogP contribution in [0.4, 0.5) is 0 Å². The highest BCUT2D eigenvalue weighted by Crippen LogP contribution is 2.24. The number of nitrogens with one attached hydrogen (secondary N) is 1. The lowest BCUT2D eigenvalue weighted by atomic mass is 9.87. The number of benzene rings is 1. The van der Waals surface area contributed by atoms with Crippen LogP contribution in [0.3, 0.4) is 0 Å². The Hall–Kier alpha value is -1.43. The van der Waals surface area contributed by atoms with Crippen LogP contribution in [0.15, 0.2) is 30.3 Å². The van der Waals surface area contributed by atoms with E-state index in [0.717, 1.165) is 12.1 Å². The Morgan fingerprint density at radius 1 is 1.43 bits per heavy atom. The van der Waals surface area contributed by atoms with Gasteiger partial charge in [-0.3, -0.25) is 9.69 Å². The zero-order valence-electron chi connectivity index (χ0n) is 13.0. The Bertz CT molecular complexity index is 480. The van der Waals surface area contributed by atoms with Gasteiger partial charge in [0.05, 0.1) is 12.7 Å². The van der Waals surface area contributed by atoms with E-state index in [1.807, 2.05) is 37.3 Å². The van der Waals surface area contributed by atoms with Gasteiger partial charge in [-0.1, -0.05) is 30.3 Å². The molecule has 1 aliphatic heterocycles. The summed E-state index contributed by atoms with van der Waals surface area (Å²) < 4.78 is 5.66. The van der Waals surface area contributed by atoms with Crippen molar-refractivity contribution in [3.63, 3.8) is 0 Å². The molecule has 3 atom stereocenters. The molecule has 1 aliphatic rings. The van der Waals surface area contributed by atoms with E-state index in [4.69, 9.17) is 10.5 Å². The van der Waals surface area contributed by atoms with Crippen LogP contribution in [-0.4, -0.2) is 49.7 Å². The molecule has 2 rings (SSSR count). The van der Waals surface area contributed by atoms with Gasteiger partial charge in [-0.25, -0.2) is 0 Å². The quantitative estimate of drug-likeness (QED) is 0.838. The van der Waals surface area contributed by atoms with Crippen molar-refractivity contribution >= 4 is 5.91 Å². The largest absolute Gasteiger partial charge is 0.376 e. The first-order valence-corrected chi connectivity index (χ1v) is 7.39. The minimum atomic E-state index is -0.882. The topological polar surface area (TPSA) is 67.6 Å². The predicted molar refractivity (Wildman–Crippen MR) is 82.8 cm³/mol. The smallest absolute Gasteiger partial charge is 0.243 e. The fourth-order valence-corrected chi connectivity index (χ4v) is 2.88. The summed E-state index contributed by atoms with van der Waals surface area (Å²) >= 11 is 0. The van der Waals surface area contributed by atoms with E-state index >= 15 is 0 Å². The van der Waals surface area contributed by atoms with Crippen LogP contribution in [0.25, 0.3) is 0 Å². The standard InChI is InChI=1S/C16H25N3O2/c1-12-10-21-13(2)9-19(12)11-16(18-3,15(17)20)14-7-5-4-6-8-14/h4-8,12-13,18H,9-11H2,1-3H3,(H2,17,20). The molecule has 0 saturated carbocycles. The van der Waals surface area contributed by atoms with Gasteiger partial charge >= 0.3 is 0 Å². The number of ether oxygens (including phenoxy) is 1. The zero-order chi connectivity index (χ0) is 15.5. The number of amides is 1. The number of nitrogens with zero attached hydrogens (tertiary/aromatic N) is 1. The molecule has 1 saturated heterocycles. The molecular weight excluding hydrogens is 266 g/mol. The lowest BCUT2D eigenvalue weighted by Gasteiger charge is -2.42. The Kier molecular flexibility index (Phi) is 4.98. The number of morpholine rings is 1. The van der Waals surface area contributed by atoms with Crippen LogP contribution in [0.5, 0.6) is 0 Å². The number of hydrogen-bond donors (Lipinski definition) is 2. The maximum Gasteiger partial charge on any atom is 0.243 e. The van der Waals surface area contributed by atoms with Gasteiger partial charge in [0.15, 0.2) is 0 Å². The molecule has 5 heteroatoms. The summed E-state index contributed by atoms with van der Waals surface area (Å²) in [4.78, 5) is 14.5. The molecule has 0 aliphatic carbocycles. The van der Waals surface area contributed by atoms with Crippen LogP contribution < -0.4 is 11.1 Å². The Labute approximate surface area is 126 Å². The minimum Gasteiger partial charge on any atom is -0.376 e. The van der Waals surface area contributed by atoms with E-state index in [1.165, 1.54) is 0 Å². The highest BCUT2D eigenvalue weighted by molar-refractivity contribution is 5.86. The van der Waals surface area contributed by atoms with Crippen molar-refractivity contribution in [1.82, 2.24) is 10.2 Å². The third-order valence-corrected chi connectivity index (χ3v) is 4.29. The zero-order valence-corrected chi connectivity index (χ0v) is 13.0. The average Bonchev–Trinajstić information content (AvgIpc) is 2.49. The number of primary amides is 1. The molecule has 0 spiro atoms. The lowest BCUT2D eigenvalue weighted by Crippen LogP contribution is -2.61. The molecule has 1 fully saturated rings. The molecule has 5 nitrogen and oxygen atoms in total. The minimum absolute atomic E-state index is 0.166. The SMILES string of the molecule is CNC(CN1CC(C)OCC1C)(C(N)=O)c1ccccc1. The Balaban J connectivity index is 2.30. The maximum absolute atomic E-state index is 12.2. The molecule has 1 aromatic carbocycles. The van der Waals surface area contributed by atoms with Gasteiger partial charge in [0.2, 0.25) is 5.91 Å². The maximum atomic E-state index is 12.2. The third kappa shape index (κ3) is 3.26. The second-order valence-corrected chi connectivity index (χ2v) is 5.81. The number of hydrogen-bond acceptors (Lipinski definition) is 4. The highest BCUT2D eigenvalue weighted by atomic mass is 16.5.